The van der Waals surface area contributed by atoms with E-state index >= 15 is 0 Å². The molecule has 0 bridgehead atoms. The molecule has 2 saturated heterocycles. The van der Waals surface area contributed by atoms with Gasteiger partial charge >= 0.3 is 0 Å². The molecule has 1 atom stereocenters. The van der Waals surface area contributed by atoms with E-state index in [4.69, 9.17) is 14.6 Å². The van der Waals surface area contributed by atoms with Gasteiger partial charge in [-0.2, -0.15) is 0 Å². The molecule has 5 heteroatoms. The van der Waals surface area contributed by atoms with Crippen LogP contribution >= 0.6 is 0 Å². The first-order valence-electron chi connectivity index (χ1n) is 6.94. The number of carbonyl (C=O) groups excluding carboxylic acids is 1. The lowest BCUT2D eigenvalue weighted by molar-refractivity contribution is -0.149. The lowest BCUT2D eigenvalue weighted by Gasteiger charge is -2.34. The zero-order chi connectivity index (χ0) is 12.8. The minimum Gasteiger partial charge on any atom is -0.394 e. The Morgan fingerprint density at radius 1 is 1.28 bits per heavy atom. The lowest BCUT2D eigenvalue weighted by Crippen LogP contribution is -2.47. The molecule has 2 fully saturated rings. The van der Waals surface area contributed by atoms with Crippen molar-refractivity contribution >= 4 is 5.91 Å². The van der Waals surface area contributed by atoms with E-state index in [1.807, 2.05) is 4.90 Å². The van der Waals surface area contributed by atoms with Crippen LogP contribution in [0.25, 0.3) is 0 Å². The summed E-state index contributed by atoms with van der Waals surface area (Å²) in [7, 11) is 0. The molecule has 2 aliphatic rings. The van der Waals surface area contributed by atoms with Crippen LogP contribution in [-0.4, -0.2) is 61.0 Å². The van der Waals surface area contributed by atoms with Crippen LogP contribution in [0.15, 0.2) is 0 Å². The highest BCUT2D eigenvalue weighted by atomic mass is 16.5. The van der Waals surface area contributed by atoms with Gasteiger partial charge in [-0.1, -0.05) is 0 Å². The fourth-order valence-electron chi connectivity index (χ4n) is 2.60. The van der Waals surface area contributed by atoms with Crippen LogP contribution in [0.1, 0.15) is 32.1 Å². The topological polar surface area (TPSA) is 59.0 Å². The summed E-state index contributed by atoms with van der Waals surface area (Å²) in [4.78, 5) is 14.1. The number of nitrogens with zero attached hydrogens (tertiary/aromatic N) is 1. The van der Waals surface area contributed by atoms with Gasteiger partial charge < -0.3 is 19.5 Å². The predicted octanol–water partition coefficient (Wildman–Crippen LogP) is 0.555. The third-order valence-corrected chi connectivity index (χ3v) is 3.65. The van der Waals surface area contributed by atoms with E-state index in [1.165, 1.54) is 0 Å². The quantitative estimate of drug-likeness (QED) is 0.799. The molecule has 104 valence electrons. The SMILES string of the molecule is O=C(C1CCCCO1)N1CCC(OCCO)CC1. The predicted molar refractivity (Wildman–Crippen MR) is 66.2 cm³/mol. The Kier molecular flexibility index (Phi) is 5.41. The first kappa shape index (κ1) is 13.8. The summed E-state index contributed by atoms with van der Waals surface area (Å²) in [5, 5.41) is 8.70. The number of aliphatic hydroxyl groups excluding tert-OH is 1. The Morgan fingerprint density at radius 2 is 2.06 bits per heavy atom. The fourth-order valence-corrected chi connectivity index (χ4v) is 2.60. The van der Waals surface area contributed by atoms with Gasteiger partial charge in [0, 0.05) is 19.7 Å². The Balaban J connectivity index is 1.73. The number of likely N-dealkylation sites (tertiary alicyclic amines) is 1. The summed E-state index contributed by atoms with van der Waals surface area (Å²) in [6, 6.07) is 0. The Hall–Kier alpha value is -0.650. The van der Waals surface area contributed by atoms with Gasteiger partial charge in [0.25, 0.3) is 5.91 Å². The third-order valence-electron chi connectivity index (χ3n) is 3.65. The molecular weight excluding hydrogens is 234 g/mol. The molecule has 1 amide bonds. The summed E-state index contributed by atoms with van der Waals surface area (Å²) in [6.45, 7) is 2.66. The van der Waals surface area contributed by atoms with Gasteiger partial charge in [-0.3, -0.25) is 4.79 Å². The van der Waals surface area contributed by atoms with Crippen LogP contribution in [0.2, 0.25) is 0 Å². The number of ether oxygens (including phenoxy) is 2. The zero-order valence-corrected chi connectivity index (χ0v) is 10.8. The van der Waals surface area contributed by atoms with Crippen molar-refractivity contribution in [2.24, 2.45) is 0 Å². The molecule has 18 heavy (non-hydrogen) atoms. The molecule has 0 aromatic carbocycles. The Morgan fingerprint density at radius 3 is 2.67 bits per heavy atom. The minimum absolute atomic E-state index is 0.0645. The van der Waals surface area contributed by atoms with E-state index in [9.17, 15) is 4.79 Å². The highest BCUT2D eigenvalue weighted by molar-refractivity contribution is 5.81. The van der Waals surface area contributed by atoms with E-state index in [2.05, 4.69) is 0 Å². The maximum Gasteiger partial charge on any atom is 0.251 e. The number of carbonyl (C=O) groups is 1. The van der Waals surface area contributed by atoms with Crippen LogP contribution in [0.4, 0.5) is 0 Å². The summed E-state index contributed by atoms with van der Waals surface area (Å²) >= 11 is 0. The zero-order valence-electron chi connectivity index (χ0n) is 10.8. The van der Waals surface area contributed by atoms with Crippen LogP contribution in [0.3, 0.4) is 0 Å². The number of amides is 1. The van der Waals surface area contributed by atoms with Gasteiger partial charge in [-0.25, -0.2) is 0 Å². The Labute approximate surface area is 108 Å². The summed E-state index contributed by atoms with van der Waals surface area (Å²) in [5.74, 6) is 0.148. The second-order valence-corrected chi connectivity index (χ2v) is 4.97. The molecule has 2 rings (SSSR count). The van der Waals surface area contributed by atoms with Gasteiger partial charge in [0.15, 0.2) is 0 Å². The van der Waals surface area contributed by atoms with Crippen LogP contribution in [-0.2, 0) is 14.3 Å². The van der Waals surface area contributed by atoms with Gasteiger partial charge in [0.2, 0.25) is 0 Å². The fraction of sp³-hybridized carbons (Fsp3) is 0.923. The molecule has 2 heterocycles. The minimum atomic E-state index is -0.214. The number of hydrogen-bond acceptors (Lipinski definition) is 4. The average Bonchev–Trinajstić information content (AvgIpc) is 2.46. The van der Waals surface area contributed by atoms with Gasteiger partial charge in [0.05, 0.1) is 19.3 Å². The van der Waals surface area contributed by atoms with Crippen molar-refractivity contribution in [2.75, 3.05) is 32.9 Å². The van der Waals surface area contributed by atoms with Gasteiger partial charge in [0.1, 0.15) is 6.10 Å². The molecule has 2 aliphatic heterocycles. The number of rotatable bonds is 4. The van der Waals surface area contributed by atoms with E-state index in [1.54, 1.807) is 0 Å². The molecular formula is C13H23NO4. The first-order chi connectivity index (χ1) is 8.81. The third kappa shape index (κ3) is 3.67. The maximum atomic E-state index is 12.2. The van der Waals surface area contributed by atoms with Crippen LogP contribution in [0, 0.1) is 0 Å². The van der Waals surface area contributed by atoms with Crippen molar-refractivity contribution in [3.63, 3.8) is 0 Å². The lowest BCUT2D eigenvalue weighted by atomic mass is 10.0. The molecule has 5 nitrogen and oxygen atoms in total. The highest BCUT2D eigenvalue weighted by Gasteiger charge is 2.29. The molecule has 0 aliphatic carbocycles. The largest absolute Gasteiger partial charge is 0.394 e. The molecule has 1 N–H and O–H groups in total. The van der Waals surface area contributed by atoms with E-state index < -0.39 is 0 Å². The van der Waals surface area contributed by atoms with E-state index in [0.29, 0.717) is 13.2 Å². The monoisotopic (exact) mass is 257 g/mol. The first-order valence-corrected chi connectivity index (χ1v) is 6.94. The average molecular weight is 257 g/mol. The highest BCUT2D eigenvalue weighted by Crippen LogP contribution is 2.19. The van der Waals surface area contributed by atoms with Crippen LogP contribution < -0.4 is 0 Å². The van der Waals surface area contributed by atoms with Gasteiger partial charge in [-0.05, 0) is 32.1 Å². The second-order valence-electron chi connectivity index (χ2n) is 4.97. The van der Waals surface area contributed by atoms with Crippen molar-refractivity contribution in [1.82, 2.24) is 4.90 Å². The van der Waals surface area contributed by atoms with Crippen LogP contribution in [0.5, 0.6) is 0 Å². The number of aliphatic hydroxyl groups is 1. The molecule has 0 aromatic rings. The summed E-state index contributed by atoms with van der Waals surface area (Å²) < 4.78 is 11.0. The summed E-state index contributed by atoms with van der Waals surface area (Å²) in [6.07, 6.45) is 4.71. The molecule has 0 radical (unpaired) electrons. The molecule has 0 saturated carbocycles. The van der Waals surface area contributed by atoms with E-state index in [-0.39, 0.29) is 24.7 Å². The number of piperidine rings is 1. The second kappa shape index (κ2) is 7.07. The molecule has 1 unspecified atom stereocenters. The smallest absolute Gasteiger partial charge is 0.251 e. The number of hydrogen-bond donors (Lipinski definition) is 1. The van der Waals surface area contributed by atoms with Crippen molar-refractivity contribution in [3.05, 3.63) is 0 Å². The Bertz CT molecular complexity index is 258. The van der Waals surface area contributed by atoms with Crippen molar-refractivity contribution in [1.29, 1.82) is 0 Å². The van der Waals surface area contributed by atoms with Crippen molar-refractivity contribution < 1.29 is 19.4 Å². The summed E-state index contributed by atoms with van der Waals surface area (Å²) in [5.41, 5.74) is 0. The maximum absolute atomic E-state index is 12.2. The van der Waals surface area contributed by atoms with Crippen molar-refractivity contribution in [2.45, 2.75) is 44.3 Å². The van der Waals surface area contributed by atoms with Gasteiger partial charge in [-0.15, -0.1) is 0 Å². The standard InChI is InChI=1S/C13H23NO4/c15-8-10-17-11-4-6-14(7-5-11)13(16)12-3-1-2-9-18-12/h11-12,15H,1-10H2. The van der Waals surface area contributed by atoms with Crippen molar-refractivity contribution in [3.8, 4) is 0 Å². The molecule has 0 aromatic heterocycles. The molecule has 0 spiro atoms. The van der Waals surface area contributed by atoms with E-state index in [0.717, 1.165) is 45.2 Å². The normalized spacial score (nSPS) is 26.3.